The van der Waals surface area contributed by atoms with Crippen LogP contribution in [0.1, 0.15) is 24.1 Å². The number of nitrogens with one attached hydrogen (secondary N) is 2. The predicted molar refractivity (Wildman–Crippen MR) is 103 cm³/mol. The lowest BCUT2D eigenvalue weighted by molar-refractivity contribution is -0.139. The van der Waals surface area contributed by atoms with Crippen molar-refractivity contribution < 1.29 is 24.2 Å². The van der Waals surface area contributed by atoms with E-state index < -0.39 is 18.0 Å². The molecule has 7 heteroatoms. The van der Waals surface area contributed by atoms with E-state index in [4.69, 9.17) is 9.47 Å². The van der Waals surface area contributed by atoms with Crippen molar-refractivity contribution in [2.45, 2.75) is 19.4 Å². The lowest BCUT2D eigenvalue weighted by Gasteiger charge is -2.28. The summed E-state index contributed by atoms with van der Waals surface area (Å²) in [6, 6.07) is 13.2. The number of urea groups is 1. The standard InChI is InChI=1S/C21H22N2O5/c1-13-18(20(25)28-11-10-14-6-4-3-5-7-14)19(23-21(26)22-13)15-8-9-16(24)17(12-15)27-2/h3-9,12,19,24H,10-11H2,1-2H3,(H2,22,23,26). The number of carbonyl (C=O) groups excluding carboxylic acids is 2. The van der Waals surface area contributed by atoms with Crippen molar-refractivity contribution in [1.29, 1.82) is 0 Å². The Labute approximate surface area is 163 Å². The summed E-state index contributed by atoms with van der Waals surface area (Å²) in [6.07, 6.45) is 0.594. The molecule has 0 saturated carbocycles. The highest BCUT2D eigenvalue weighted by molar-refractivity contribution is 5.95. The minimum atomic E-state index is -0.715. The van der Waals surface area contributed by atoms with Crippen LogP contribution in [0.4, 0.5) is 4.79 Å². The van der Waals surface area contributed by atoms with E-state index in [1.54, 1.807) is 19.1 Å². The number of phenolic OH excluding ortho intramolecular Hbond substituents is 1. The molecule has 1 unspecified atom stereocenters. The highest BCUT2D eigenvalue weighted by atomic mass is 16.5. The third kappa shape index (κ3) is 4.25. The van der Waals surface area contributed by atoms with Crippen LogP contribution in [-0.2, 0) is 16.0 Å². The molecule has 146 valence electrons. The Morgan fingerprint density at radius 1 is 1.18 bits per heavy atom. The van der Waals surface area contributed by atoms with Gasteiger partial charge in [-0.15, -0.1) is 0 Å². The van der Waals surface area contributed by atoms with Gasteiger partial charge in [0.25, 0.3) is 0 Å². The summed E-state index contributed by atoms with van der Waals surface area (Å²) in [5, 5.41) is 15.1. The molecule has 1 aliphatic rings. The van der Waals surface area contributed by atoms with Gasteiger partial charge in [0.05, 0.1) is 25.3 Å². The molecule has 0 radical (unpaired) electrons. The molecule has 1 heterocycles. The Kier molecular flexibility index (Phi) is 5.84. The first kappa shape index (κ1) is 19.3. The normalized spacial score (nSPS) is 16.2. The highest BCUT2D eigenvalue weighted by Gasteiger charge is 2.32. The minimum absolute atomic E-state index is 0.0285. The molecule has 28 heavy (non-hydrogen) atoms. The number of phenols is 1. The molecule has 3 rings (SSSR count). The summed E-state index contributed by atoms with van der Waals surface area (Å²) in [4.78, 5) is 24.7. The summed E-state index contributed by atoms with van der Waals surface area (Å²) in [6.45, 7) is 1.87. The van der Waals surface area contributed by atoms with Gasteiger partial charge in [0.15, 0.2) is 11.5 Å². The van der Waals surface area contributed by atoms with Crippen LogP contribution in [0.2, 0.25) is 0 Å². The van der Waals surface area contributed by atoms with Crippen LogP contribution in [0.3, 0.4) is 0 Å². The number of amides is 2. The van der Waals surface area contributed by atoms with Gasteiger partial charge in [0.1, 0.15) is 0 Å². The summed E-state index contributed by atoms with van der Waals surface area (Å²) in [5.41, 5.74) is 2.39. The minimum Gasteiger partial charge on any atom is -0.504 e. The van der Waals surface area contributed by atoms with E-state index >= 15 is 0 Å². The highest BCUT2D eigenvalue weighted by Crippen LogP contribution is 2.33. The Bertz CT molecular complexity index is 908. The first-order chi connectivity index (χ1) is 13.5. The summed E-state index contributed by atoms with van der Waals surface area (Å²) in [5.74, 6) is -0.295. The topological polar surface area (TPSA) is 96.9 Å². The van der Waals surface area contributed by atoms with E-state index in [1.165, 1.54) is 13.2 Å². The molecule has 0 bridgehead atoms. The maximum Gasteiger partial charge on any atom is 0.338 e. The van der Waals surface area contributed by atoms with Gasteiger partial charge in [-0.3, -0.25) is 0 Å². The quantitative estimate of drug-likeness (QED) is 0.668. The van der Waals surface area contributed by atoms with Gasteiger partial charge < -0.3 is 25.2 Å². The third-order valence-corrected chi connectivity index (χ3v) is 4.49. The fourth-order valence-electron chi connectivity index (χ4n) is 3.07. The number of hydrogen-bond donors (Lipinski definition) is 3. The Balaban J connectivity index is 1.80. The second-order valence-corrected chi connectivity index (χ2v) is 6.37. The first-order valence-corrected chi connectivity index (χ1v) is 8.86. The number of allylic oxidation sites excluding steroid dienone is 1. The Morgan fingerprint density at radius 2 is 1.93 bits per heavy atom. The second kappa shape index (κ2) is 8.47. The number of hydrogen-bond acceptors (Lipinski definition) is 5. The first-order valence-electron chi connectivity index (χ1n) is 8.86. The van der Waals surface area contributed by atoms with Crippen LogP contribution in [0, 0.1) is 0 Å². The molecule has 1 aliphatic heterocycles. The largest absolute Gasteiger partial charge is 0.504 e. The van der Waals surface area contributed by atoms with E-state index in [0.717, 1.165) is 5.56 Å². The molecule has 0 aromatic heterocycles. The Morgan fingerprint density at radius 3 is 2.64 bits per heavy atom. The van der Waals surface area contributed by atoms with Crippen LogP contribution in [0.25, 0.3) is 0 Å². The fraction of sp³-hybridized carbons (Fsp3) is 0.238. The van der Waals surface area contributed by atoms with Crippen LogP contribution in [0.15, 0.2) is 59.8 Å². The van der Waals surface area contributed by atoms with Crippen molar-refractivity contribution in [1.82, 2.24) is 10.6 Å². The maximum atomic E-state index is 12.8. The van der Waals surface area contributed by atoms with Crippen molar-refractivity contribution in [3.63, 3.8) is 0 Å². The number of benzene rings is 2. The smallest absolute Gasteiger partial charge is 0.338 e. The molecular weight excluding hydrogens is 360 g/mol. The predicted octanol–water partition coefficient (Wildman–Crippen LogP) is 2.81. The molecule has 1 atom stereocenters. The zero-order valence-corrected chi connectivity index (χ0v) is 15.7. The van der Waals surface area contributed by atoms with E-state index in [9.17, 15) is 14.7 Å². The molecule has 3 N–H and O–H groups in total. The van der Waals surface area contributed by atoms with E-state index in [1.807, 2.05) is 30.3 Å². The number of esters is 1. The van der Waals surface area contributed by atoms with E-state index in [2.05, 4.69) is 10.6 Å². The average Bonchev–Trinajstić information content (AvgIpc) is 2.68. The van der Waals surface area contributed by atoms with E-state index in [-0.39, 0.29) is 18.1 Å². The molecule has 0 fully saturated rings. The summed E-state index contributed by atoms with van der Waals surface area (Å²) < 4.78 is 10.6. The number of ether oxygens (including phenoxy) is 2. The van der Waals surface area contributed by atoms with Crippen LogP contribution >= 0.6 is 0 Å². The average molecular weight is 382 g/mol. The van der Waals surface area contributed by atoms with Gasteiger partial charge in [-0.05, 0) is 30.2 Å². The number of carbonyl (C=O) groups is 2. The maximum absolute atomic E-state index is 12.8. The van der Waals surface area contributed by atoms with Crippen LogP contribution in [0.5, 0.6) is 11.5 Å². The van der Waals surface area contributed by atoms with Crippen molar-refractivity contribution in [3.05, 3.63) is 70.9 Å². The van der Waals surface area contributed by atoms with Crippen molar-refractivity contribution in [2.75, 3.05) is 13.7 Å². The van der Waals surface area contributed by atoms with Gasteiger partial charge in [0, 0.05) is 12.1 Å². The Hall–Kier alpha value is -3.48. The number of aromatic hydroxyl groups is 1. The fourth-order valence-corrected chi connectivity index (χ4v) is 3.07. The summed E-state index contributed by atoms with van der Waals surface area (Å²) >= 11 is 0. The van der Waals surface area contributed by atoms with Crippen molar-refractivity contribution >= 4 is 12.0 Å². The molecule has 7 nitrogen and oxygen atoms in total. The number of methoxy groups -OCH3 is 1. The molecule has 0 saturated heterocycles. The van der Waals surface area contributed by atoms with Gasteiger partial charge >= 0.3 is 12.0 Å². The summed E-state index contributed by atoms with van der Waals surface area (Å²) in [7, 11) is 1.43. The van der Waals surface area contributed by atoms with E-state index in [0.29, 0.717) is 23.3 Å². The number of rotatable bonds is 6. The van der Waals surface area contributed by atoms with Gasteiger partial charge in [0.2, 0.25) is 0 Å². The zero-order chi connectivity index (χ0) is 20.1. The molecular formula is C21H22N2O5. The lowest BCUT2D eigenvalue weighted by atomic mass is 9.95. The van der Waals surface area contributed by atoms with Gasteiger partial charge in [-0.25, -0.2) is 9.59 Å². The second-order valence-electron chi connectivity index (χ2n) is 6.37. The third-order valence-electron chi connectivity index (χ3n) is 4.49. The molecule has 0 aliphatic carbocycles. The lowest BCUT2D eigenvalue weighted by Crippen LogP contribution is -2.45. The monoisotopic (exact) mass is 382 g/mol. The molecule has 2 aromatic carbocycles. The SMILES string of the molecule is COc1cc(C2NC(=O)NC(C)=C2C(=O)OCCc2ccccc2)ccc1O. The molecule has 2 aromatic rings. The van der Waals surface area contributed by atoms with Crippen molar-refractivity contribution in [3.8, 4) is 11.5 Å². The molecule has 0 spiro atoms. The van der Waals surface area contributed by atoms with Crippen molar-refractivity contribution in [2.24, 2.45) is 0 Å². The van der Waals surface area contributed by atoms with Crippen LogP contribution < -0.4 is 15.4 Å². The van der Waals surface area contributed by atoms with Gasteiger partial charge in [-0.1, -0.05) is 36.4 Å². The van der Waals surface area contributed by atoms with Crippen LogP contribution in [-0.4, -0.2) is 30.8 Å². The molecule has 2 amide bonds. The van der Waals surface area contributed by atoms with Gasteiger partial charge in [-0.2, -0.15) is 0 Å². The zero-order valence-electron chi connectivity index (χ0n) is 15.7.